The lowest BCUT2D eigenvalue weighted by molar-refractivity contribution is 0.0785. The lowest BCUT2D eigenvalue weighted by atomic mass is 10.1. The average molecular weight is 372 g/mol. The van der Waals surface area contributed by atoms with Gasteiger partial charge in [-0.1, -0.05) is 66.7 Å². The summed E-state index contributed by atoms with van der Waals surface area (Å²) in [5.74, 6) is -0.314. The largest absolute Gasteiger partial charge is 0.346 e. The summed E-state index contributed by atoms with van der Waals surface area (Å²) < 4.78 is 0. The van der Waals surface area contributed by atoms with Gasteiger partial charge in [0, 0.05) is 24.7 Å². The minimum Gasteiger partial charge on any atom is -0.346 e. The molecular formula is C24H24N2O2. The molecule has 1 atom stereocenters. The van der Waals surface area contributed by atoms with Crippen molar-refractivity contribution < 1.29 is 9.59 Å². The molecule has 4 nitrogen and oxygen atoms in total. The van der Waals surface area contributed by atoms with E-state index in [9.17, 15) is 9.59 Å². The zero-order chi connectivity index (χ0) is 19.9. The molecule has 0 spiro atoms. The zero-order valence-electron chi connectivity index (χ0n) is 16.1. The predicted octanol–water partition coefficient (Wildman–Crippen LogP) is 4.45. The number of amides is 2. The van der Waals surface area contributed by atoms with Gasteiger partial charge in [0.25, 0.3) is 11.8 Å². The third-order valence-electron chi connectivity index (χ3n) is 4.63. The topological polar surface area (TPSA) is 49.4 Å². The highest BCUT2D eigenvalue weighted by Crippen LogP contribution is 2.14. The molecule has 0 heterocycles. The maximum Gasteiger partial charge on any atom is 0.253 e. The summed E-state index contributed by atoms with van der Waals surface area (Å²) in [6, 6.07) is 26.3. The number of nitrogens with zero attached hydrogens (tertiary/aromatic N) is 1. The number of nitrogens with one attached hydrogen (secondary N) is 1. The first-order valence-corrected chi connectivity index (χ1v) is 9.30. The van der Waals surface area contributed by atoms with Gasteiger partial charge in [0.05, 0.1) is 6.04 Å². The molecule has 0 radical (unpaired) electrons. The van der Waals surface area contributed by atoms with Crippen molar-refractivity contribution in [1.82, 2.24) is 10.2 Å². The molecule has 0 aromatic heterocycles. The lowest BCUT2D eigenvalue weighted by Gasteiger charge is -2.18. The molecular weight excluding hydrogens is 348 g/mol. The van der Waals surface area contributed by atoms with Gasteiger partial charge in [-0.05, 0) is 36.2 Å². The molecule has 142 valence electrons. The van der Waals surface area contributed by atoms with Gasteiger partial charge in [-0.15, -0.1) is 0 Å². The van der Waals surface area contributed by atoms with E-state index < -0.39 is 0 Å². The van der Waals surface area contributed by atoms with Gasteiger partial charge < -0.3 is 10.2 Å². The molecule has 0 saturated heterocycles. The number of hydrogen-bond donors (Lipinski definition) is 1. The first-order chi connectivity index (χ1) is 13.5. The van der Waals surface area contributed by atoms with Gasteiger partial charge in [0.15, 0.2) is 0 Å². The lowest BCUT2D eigenvalue weighted by Crippen LogP contribution is -2.28. The van der Waals surface area contributed by atoms with Crippen LogP contribution in [0.3, 0.4) is 0 Å². The van der Waals surface area contributed by atoms with Crippen molar-refractivity contribution in [2.24, 2.45) is 0 Å². The Morgan fingerprint density at radius 3 is 2.14 bits per heavy atom. The highest BCUT2D eigenvalue weighted by Gasteiger charge is 2.16. The number of hydrogen-bond acceptors (Lipinski definition) is 2. The highest BCUT2D eigenvalue weighted by molar-refractivity contribution is 5.99. The van der Waals surface area contributed by atoms with E-state index >= 15 is 0 Å². The average Bonchev–Trinajstić information content (AvgIpc) is 2.74. The van der Waals surface area contributed by atoms with Crippen molar-refractivity contribution in [3.05, 3.63) is 107 Å². The van der Waals surface area contributed by atoms with E-state index in [4.69, 9.17) is 0 Å². The monoisotopic (exact) mass is 372 g/mol. The second-order valence-electron chi connectivity index (χ2n) is 6.83. The van der Waals surface area contributed by atoms with Crippen molar-refractivity contribution in [3.8, 4) is 0 Å². The van der Waals surface area contributed by atoms with Crippen molar-refractivity contribution in [3.63, 3.8) is 0 Å². The van der Waals surface area contributed by atoms with E-state index in [0.29, 0.717) is 17.7 Å². The molecule has 3 aromatic rings. The van der Waals surface area contributed by atoms with E-state index in [1.807, 2.05) is 67.6 Å². The quantitative estimate of drug-likeness (QED) is 0.695. The molecule has 1 unspecified atom stereocenters. The Morgan fingerprint density at radius 2 is 1.46 bits per heavy atom. The molecule has 3 rings (SSSR count). The van der Waals surface area contributed by atoms with Crippen LogP contribution >= 0.6 is 0 Å². The summed E-state index contributed by atoms with van der Waals surface area (Å²) in [5.41, 5.74) is 3.06. The fraction of sp³-hybridized carbons (Fsp3) is 0.167. The molecule has 0 aliphatic rings. The van der Waals surface area contributed by atoms with Crippen LogP contribution in [0.25, 0.3) is 0 Å². The molecule has 0 saturated carbocycles. The summed E-state index contributed by atoms with van der Waals surface area (Å²) in [6.45, 7) is 2.46. The maximum absolute atomic E-state index is 12.8. The standard InChI is InChI=1S/C24H24N2O2/c1-18(20-12-7-4-8-13-20)25-23(27)21-14-9-15-22(16-21)24(28)26(2)17-19-10-5-3-6-11-19/h3-16,18H,17H2,1-2H3,(H,25,27). The minimum atomic E-state index is -0.197. The van der Waals surface area contributed by atoms with E-state index in [1.165, 1.54) is 0 Å². The molecule has 4 heteroatoms. The van der Waals surface area contributed by atoms with Crippen LogP contribution < -0.4 is 5.32 Å². The van der Waals surface area contributed by atoms with Crippen LogP contribution in [0.2, 0.25) is 0 Å². The summed E-state index contributed by atoms with van der Waals surface area (Å²) >= 11 is 0. The van der Waals surface area contributed by atoms with Crippen molar-refractivity contribution in [1.29, 1.82) is 0 Å². The smallest absolute Gasteiger partial charge is 0.253 e. The minimum absolute atomic E-state index is 0.116. The van der Waals surface area contributed by atoms with Crippen molar-refractivity contribution >= 4 is 11.8 Å². The highest BCUT2D eigenvalue weighted by atomic mass is 16.2. The van der Waals surface area contributed by atoms with Gasteiger partial charge in [0.1, 0.15) is 0 Å². The van der Waals surface area contributed by atoms with Crippen LogP contribution in [0, 0.1) is 0 Å². The number of rotatable bonds is 6. The second-order valence-corrected chi connectivity index (χ2v) is 6.83. The van der Waals surface area contributed by atoms with Crippen LogP contribution in [0.4, 0.5) is 0 Å². The summed E-state index contributed by atoms with van der Waals surface area (Å²) in [7, 11) is 1.76. The summed E-state index contributed by atoms with van der Waals surface area (Å²) in [4.78, 5) is 27.0. The number of carbonyl (C=O) groups is 2. The van der Waals surface area contributed by atoms with Gasteiger partial charge in [0.2, 0.25) is 0 Å². The Balaban J connectivity index is 1.69. The predicted molar refractivity (Wildman–Crippen MR) is 111 cm³/mol. The fourth-order valence-corrected chi connectivity index (χ4v) is 3.05. The molecule has 0 bridgehead atoms. The molecule has 2 amide bonds. The Hall–Kier alpha value is -3.40. The van der Waals surface area contributed by atoms with E-state index in [2.05, 4.69) is 5.32 Å². The summed E-state index contributed by atoms with van der Waals surface area (Å²) in [6.07, 6.45) is 0. The van der Waals surface area contributed by atoms with Gasteiger partial charge in [-0.25, -0.2) is 0 Å². The van der Waals surface area contributed by atoms with Crippen molar-refractivity contribution in [2.45, 2.75) is 19.5 Å². The summed E-state index contributed by atoms with van der Waals surface area (Å²) in [5, 5.41) is 2.98. The third-order valence-corrected chi connectivity index (χ3v) is 4.63. The van der Waals surface area contributed by atoms with Gasteiger partial charge >= 0.3 is 0 Å². The van der Waals surface area contributed by atoms with E-state index in [1.54, 1.807) is 36.2 Å². The fourth-order valence-electron chi connectivity index (χ4n) is 3.05. The van der Waals surface area contributed by atoms with Gasteiger partial charge in [-0.2, -0.15) is 0 Å². The molecule has 28 heavy (non-hydrogen) atoms. The van der Waals surface area contributed by atoms with Crippen LogP contribution in [0.5, 0.6) is 0 Å². The van der Waals surface area contributed by atoms with Crippen LogP contribution in [-0.2, 0) is 6.54 Å². The molecule has 0 fully saturated rings. The maximum atomic E-state index is 12.8. The van der Waals surface area contributed by atoms with Crippen LogP contribution in [0.1, 0.15) is 44.8 Å². The first-order valence-electron chi connectivity index (χ1n) is 9.30. The Labute approximate surface area is 165 Å². The van der Waals surface area contributed by atoms with Crippen LogP contribution in [-0.4, -0.2) is 23.8 Å². The Bertz CT molecular complexity index is 939. The number of carbonyl (C=O) groups excluding carboxylic acids is 2. The Morgan fingerprint density at radius 1 is 0.857 bits per heavy atom. The zero-order valence-corrected chi connectivity index (χ0v) is 16.1. The molecule has 0 aliphatic heterocycles. The Kier molecular flexibility index (Phi) is 6.22. The second kappa shape index (κ2) is 9.00. The van der Waals surface area contributed by atoms with E-state index in [0.717, 1.165) is 11.1 Å². The normalized spacial score (nSPS) is 11.5. The number of benzene rings is 3. The van der Waals surface area contributed by atoms with Crippen LogP contribution in [0.15, 0.2) is 84.9 Å². The molecule has 0 aliphatic carbocycles. The van der Waals surface area contributed by atoms with E-state index in [-0.39, 0.29) is 17.9 Å². The van der Waals surface area contributed by atoms with Gasteiger partial charge in [-0.3, -0.25) is 9.59 Å². The molecule has 1 N–H and O–H groups in total. The van der Waals surface area contributed by atoms with Crippen molar-refractivity contribution in [2.75, 3.05) is 7.05 Å². The first kappa shape index (κ1) is 19.4. The third kappa shape index (κ3) is 4.86. The molecule has 3 aromatic carbocycles. The SMILES string of the molecule is CC(NC(=O)c1cccc(C(=O)N(C)Cc2ccccc2)c1)c1ccccc1.